The summed E-state index contributed by atoms with van der Waals surface area (Å²) in [5.74, 6) is 0.903. The molecule has 0 aliphatic carbocycles. The lowest BCUT2D eigenvalue weighted by Gasteiger charge is -2.15. The van der Waals surface area contributed by atoms with Crippen LogP contribution in [-0.2, 0) is 0 Å². The molecule has 3 heteroatoms. The first-order chi connectivity index (χ1) is 6.15. The number of hydrogen-bond donors (Lipinski definition) is 1. The van der Waals surface area contributed by atoms with Crippen molar-refractivity contribution < 1.29 is 4.74 Å². The summed E-state index contributed by atoms with van der Waals surface area (Å²) in [6.07, 6.45) is 0. The van der Waals surface area contributed by atoms with Gasteiger partial charge in [-0.3, -0.25) is 0 Å². The minimum absolute atomic E-state index is 0.111. The second-order valence-corrected chi connectivity index (χ2v) is 3.25. The molecule has 1 aromatic rings. The van der Waals surface area contributed by atoms with Gasteiger partial charge in [0.05, 0.1) is 7.11 Å². The van der Waals surface area contributed by atoms with Crippen LogP contribution >= 0.6 is 0 Å². The molecule has 1 aromatic heterocycles. The Hall–Kier alpha value is -1.09. The van der Waals surface area contributed by atoms with Crippen LogP contribution in [0.2, 0.25) is 0 Å². The molecule has 2 unspecified atom stereocenters. The van der Waals surface area contributed by atoms with Gasteiger partial charge in [0, 0.05) is 23.7 Å². The van der Waals surface area contributed by atoms with Gasteiger partial charge in [-0.05, 0) is 13.0 Å². The van der Waals surface area contributed by atoms with Crippen LogP contribution in [0, 0.1) is 0 Å². The molecule has 0 aliphatic heterocycles. The van der Waals surface area contributed by atoms with Gasteiger partial charge in [0.2, 0.25) is 5.88 Å². The van der Waals surface area contributed by atoms with Crippen molar-refractivity contribution in [1.82, 2.24) is 4.98 Å². The number of ether oxygens (including phenoxy) is 1. The predicted octanol–water partition coefficient (Wildman–Crippen LogP) is 1.54. The Labute approximate surface area is 78.9 Å². The predicted molar refractivity (Wildman–Crippen MR) is 52.9 cm³/mol. The van der Waals surface area contributed by atoms with E-state index in [4.69, 9.17) is 10.5 Å². The maximum absolute atomic E-state index is 5.78. The highest BCUT2D eigenvalue weighted by atomic mass is 16.5. The molecule has 0 saturated heterocycles. The van der Waals surface area contributed by atoms with E-state index in [1.54, 1.807) is 7.11 Å². The summed E-state index contributed by atoms with van der Waals surface area (Å²) in [5, 5.41) is 0. The van der Waals surface area contributed by atoms with Crippen LogP contribution in [0.5, 0.6) is 5.88 Å². The quantitative estimate of drug-likeness (QED) is 0.767. The first-order valence-corrected chi connectivity index (χ1v) is 4.41. The van der Waals surface area contributed by atoms with Crippen molar-refractivity contribution in [3.05, 3.63) is 23.9 Å². The van der Waals surface area contributed by atoms with Crippen molar-refractivity contribution in [3.8, 4) is 5.88 Å². The first-order valence-electron chi connectivity index (χ1n) is 4.41. The molecule has 0 fully saturated rings. The molecule has 13 heavy (non-hydrogen) atoms. The van der Waals surface area contributed by atoms with E-state index in [1.807, 2.05) is 25.1 Å². The highest BCUT2D eigenvalue weighted by molar-refractivity contribution is 5.18. The third-order valence-electron chi connectivity index (χ3n) is 2.21. The summed E-state index contributed by atoms with van der Waals surface area (Å²) in [6.45, 7) is 4.04. The Morgan fingerprint density at radius 2 is 2.08 bits per heavy atom. The van der Waals surface area contributed by atoms with Crippen LogP contribution < -0.4 is 10.5 Å². The number of nitrogens with zero attached hydrogens (tertiary/aromatic N) is 1. The Balaban J connectivity index is 2.88. The number of aromatic nitrogens is 1. The molecule has 0 aliphatic rings. The standard InChI is InChI=1S/C10H16N2O/c1-7(8(2)11)9-5-4-6-10(12-9)13-3/h4-8H,11H2,1-3H3. The van der Waals surface area contributed by atoms with Gasteiger partial charge in [-0.25, -0.2) is 4.98 Å². The van der Waals surface area contributed by atoms with Crippen molar-refractivity contribution in [2.24, 2.45) is 5.73 Å². The summed E-state index contributed by atoms with van der Waals surface area (Å²) in [5.41, 5.74) is 6.76. The van der Waals surface area contributed by atoms with E-state index in [0.29, 0.717) is 5.88 Å². The number of rotatable bonds is 3. The van der Waals surface area contributed by atoms with Crippen LogP contribution in [0.15, 0.2) is 18.2 Å². The lowest BCUT2D eigenvalue weighted by molar-refractivity contribution is 0.394. The van der Waals surface area contributed by atoms with Gasteiger partial charge in [0.15, 0.2) is 0 Å². The molecular weight excluding hydrogens is 164 g/mol. The number of nitrogens with two attached hydrogens (primary N) is 1. The Morgan fingerprint density at radius 1 is 1.38 bits per heavy atom. The molecule has 0 aromatic carbocycles. The second kappa shape index (κ2) is 4.23. The molecule has 72 valence electrons. The van der Waals surface area contributed by atoms with Gasteiger partial charge >= 0.3 is 0 Å². The van der Waals surface area contributed by atoms with Crippen LogP contribution in [0.3, 0.4) is 0 Å². The van der Waals surface area contributed by atoms with Gasteiger partial charge in [0.1, 0.15) is 0 Å². The van der Waals surface area contributed by atoms with Crippen LogP contribution in [-0.4, -0.2) is 18.1 Å². The summed E-state index contributed by atoms with van der Waals surface area (Å²) < 4.78 is 5.03. The molecule has 0 spiro atoms. The first kappa shape index (κ1) is 9.99. The zero-order chi connectivity index (χ0) is 9.84. The second-order valence-electron chi connectivity index (χ2n) is 3.25. The van der Waals surface area contributed by atoms with E-state index in [-0.39, 0.29) is 12.0 Å². The van der Waals surface area contributed by atoms with Gasteiger partial charge < -0.3 is 10.5 Å². The summed E-state index contributed by atoms with van der Waals surface area (Å²) >= 11 is 0. The fraction of sp³-hybridized carbons (Fsp3) is 0.500. The minimum Gasteiger partial charge on any atom is -0.481 e. The van der Waals surface area contributed by atoms with Crippen molar-refractivity contribution >= 4 is 0 Å². The highest BCUT2D eigenvalue weighted by Gasteiger charge is 2.11. The van der Waals surface area contributed by atoms with Crippen molar-refractivity contribution in [1.29, 1.82) is 0 Å². The lowest BCUT2D eigenvalue weighted by atomic mass is 10.0. The molecule has 2 N–H and O–H groups in total. The third-order valence-corrected chi connectivity index (χ3v) is 2.21. The van der Waals surface area contributed by atoms with Gasteiger partial charge in [-0.1, -0.05) is 13.0 Å². The Morgan fingerprint density at radius 3 is 2.62 bits per heavy atom. The summed E-state index contributed by atoms with van der Waals surface area (Å²) in [6, 6.07) is 5.84. The molecule has 0 bridgehead atoms. The number of hydrogen-bond acceptors (Lipinski definition) is 3. The molecule has 3 nitrogen and oxygen atoms in total. The zero-order valence-electron chi connectivity index (χ0n) is 8.32. The topological polar surface area (TPSA) is 48.1 Å². The number of methoxy groups -OCH3 is 1. The van der Waals surface area contributed by atoms with Gasteiger partial charge in [0.25, 0.3) is 0 Å². The molecule has 1 heterocycles. The van der Waals surface area contributed by atoms with Crippen molar-refractivity contribution in [3.63, 3.8) is 0 Å². The van der Waals surface area contributed by atoms with Gasteiger partial charge in [-0.2, -0.15) is 0 Å². The summed E-state index contributed by atoms with van der Waals surface area (Å²) in [4.78, 5) is 4.31. The molecule has 0 amide bonds. The van der Waals surface area contributed by atoms with Crippen LogP contribution in [0.1, 0.15) is 25.5 Å². The Kier molecular flexibility index (Phi) is 3.25. The number of pyridine rings is 1. The molecule has 0 radical (unpaired) electrons. The Bertz CT molecular complexity index is 273. The van der Waals surface area contributed by atoms with E-state index in [0.717, 1.165) is 5.69 Å². The molecule has 2 atom stereocenters. The molecule has 0 saturated carbocycles. The fourth-order valence-corrected chi connectivity index (χ4v) is 1.07. The van der Waals surface area contributed by atoms with Crippen molar-refractivity contribution in [2.45, 2.75) is 25.8 Å². The van der Waals surface area contributed by atoms with E-state index >= 15 is 0 Å². The molecule has 1 rings (SSSR count). The van der Waals surface area contributed by atoms with Crippen LogP contribution in [0.4, 0.5) is 0 Å². The molecular formula is C10H16N2O. The van der Waals surface area contributed by atoms with Crippen molar-refractivity contribution in [2.75, 3.05) is 7.11 Å². The lowest BCUT2D eigenvalue weighted by Crippen LogP contribution is -2.23. The smallest absolute Gasteiger partial charge is 0.213 e. The van der Waals surface area contributed by atoms with Gasteiger partial charge in [-0.15, -0.1) is 0 Å². The zero-order valence-corrected chi connectivity index (χ0v) is 8.32. The maximum atomic E-state index is 5.78. The average Bonchev–Trinajstić information content (AvgIpc) is 2.16. The van der Waals surface area contributed by atoms with E-state index in [2.05, 4.69) is 11.9 Å². The monoisotopic (exact) mass is 180 g/mol. The minimum atomic E-state index is 0.111. The largest absolute Gasteiger partial charge is 0.481 e. The summed E-state index contributed by atoms with van der Waals surface area (Å²) in [7, 11) is 1.61. The van der Waals surface area contributed by atoms with E-state index < -0.39 is 0 Å². The average molecular weight is 180 g/mol. The van der Waals surface area contributed by atoms with Crippen LogP contribution in [0.25, 0.3) is 0 Å². The SMILES string of the molecule is COc1cccc(C(C)C(C)N)n1. The van der Waals surface area contributed by atoms with E-state index in [9.17, 15) is 0 Å². The van der Waals surface area contributed by atoms with E-state index in [1.165, 1.54) is 0 Å². The third kappa shape index (κ3) is 2.42. The maximum Gasteiger partial charge on any atom is 0.213 e. The fourth-order valence-electron chi connectivity index (χ4n) is 1.07. The highest BCUT2D eigenvalue weighted by Crippen LogP contribution is 2.17. The normalized spacial score (nSPS) is 15.1.